The molecule has 1 aromatic rings. The number of ether oxygens (including phenoxy) is 2. The van der Waals surface area contributed by atoms with Gasteiger partial charge in [-0.3, -0.25) is 4.79 Å². The Balaban J connectivity index is 1.46. The first kappa shape index (κ1) is 14.8. The van der Waals surface area contributed by atoms with E-state index in [1.807, 2.05) is 23.1 Å². The smallest absolute Gasteiger partial charge is 0.253 e. The van der Waals surface area contributed by atoms with Crippen LogP contribution in [0.15, 0.2) is 18.2 Å². The Labute approximate surface area is 136 Å². The fraction of sp³-hybridized carbons (Fsp3) is 0.611. The van der Waals surface area contributed by atoms with Crippen molar-refractivity contribution in [2.75, 3.05) is 39.4 Å². The molecule has 124 valence electrons. The molecule has 3 heterocycles. The first-order valence-corrected chi connectivity index (χ1v) is 8.66. The summed E-state index contributed by atoms with van der Waals surface area (Å²) in [7, 11) is 0. The second kappa shape index (κ2) is 6.04. The Kier molecular flexibility index (Phi) is 3.89. The van der Waals surface area contributed by atoms with Crippen LogP contribution in [0.5, 0.6) is 11.5 Å². The van der Waals surface area contributed by atoms with E-state index < -0.39 is 0 Å². The Morgan fingerprint density at radius 2 is 1.87 bits per heavy atom. The molecule has 5 nitrogen and oxygen atoms in total. The molecule has 1 amide bonds. The van der Waals surface area contributed by atoms with Crippen molar-refractivity contribution >= 4 is 5.91 Å². The van der Waals surface area contributed by atoms with Gasteiger partial charge in [0.1, 0.15) is 0 Å². The van der Waals surface area contributed by atoms with Crippen molar-refractivity contribution in [3.05, 3.63) is 23.8 Å². The lowest BCUT2D eigenvalue weighted by Crippen LogP contribution is -2.44. The largest absolute Gasteiger partial charge is 0.490 e. The summed E-state index contributed by atoms with van der Waals surface area (Å²) >= 11 is 0. The molecule has 3 aliphatic heterocycles. The Hall–Kier alpha value is -1.75. The molecule has 0 aliphatic carbocycles. The topological polar surface area (TPSA) is 50.8 Å². The third-order valence-corrected chi connectivity index (χ3v) is 5.44. The molecular formula is C18H24N2O3. The van der Waals surface area contributed by atoms with Gasteiger partial charge in [0.15, 0.2) is 11.5 Å². The van der Waals surface area contributed by atoms with Crippen molar-refractivity contribution in [1.82, 2.24) is 10.2 Å². The lowest BCUT2D eigenvalue weighted by molar-refractivity contribution is 0.0607. The second-order valence-corrected chi connectivity index (χ2v) is 6.93. The van der Waals surface area contributed by atoms with Crippen LogP contribution in [-0.2, 0) is 0 Å². The van der Waals surface area contributed by atoms with Gasteiger partial charge in [0, 0.05) is 31.6 Å². The van der Waals surface area contributed by atoms with Crippen LogP contribution in [0.1, 0.15) is 36.0 Å². The number of benzene rings is 1. The minimum Gasteiger partial charge on any atom is -0.490 e. The summed E-state index contributed by atoms with van der Waals surface area (Å²) in [5, 5.41) is 3.46. The number of carbonyl (C=O) groups is 1. The fourth-order valence-corrected chi connectivity index (χ4v) is 3.89. The summed E-state index contributed by atoms with van der Waals surface area (Å²) in [5.41, 5.74) is 1.14. The van der Waals surface area contributed by atoms with E-state index in [4.69, 9.17) is 9.47 Å². The highest BCUT2D eigenvalue weighted by atomic mass is 16.5. The number of fused-ring (bicyclic) bond motifs is 1. The van der Waals surface area contributed by atoms with Crippen molar-refractivity contribution in [3.8, 4) is 11.5 Å². The van der Waals surface area contributed by atoms with E-state index in [1.54, 1.807) is 0 Å². The lowest BCUT2D eigenvalue weighted by Gasteiger charge is -2.39. The van der Waals surface area contributed by atoms with Crippen LogP contribution in [0.25, 0.3) is 0 Å². The predicted octanol–water partition coefficient (Wildman–Crippen LogP) is 2.06. The zero-order valence-electron chi connectivity index (χ0n) is 13.5. The molecule has 23 heavy (non-hydrogen) atoms. The number of amides is 1. The van der Waals surface area contributed by atoms with Gasteiger partial charge in [-0.15, -0.1) is 0 Å². The second-order valence-electron chi connectivity index (χ2n) is 6.93. The molecule has 0 unspecified atom stereocenters. The molecule has 1 spiro atoms. The van der Waals surface area contributed by atoms with Gasteiger partial charge in [-0.2, -0.15) is 0 Å². The van der Waals surface area contributed by atoms with E-state index in [-0.39, 0.29) is 5.91 Å². The van der Waals surface area contributed by atoms with Crippen molar-refractivity contribution in [2.24, 2.45) is 5.41 Å². The van der Waals surface area contributed by atoms with E-state index in [0.717, 1.165) is 51.2 Å². The number of hydrogen-bond acceptors (Lipinski definition) is 4. The van der Waals surface area contributed by atoms with Crippen LogP contribution in [0.2, 0.25) is 0 Å². The highest BCUT2D eigenvalue weighted by Gasteiger charge is 2.38. The molecule has 0 radical (unpaired) electrons. The van der Waals surface area contributed by atoms with Gasteiger partial charge >= 0.3 is 0 Å². The minimum atomic E-state index is 0.112. The highest BCUT2D eigenvalue weighted by Crippen LogP contribution is 2.37. The zero-order valence-corrected chi connectivity index (χ0v) is 13.5. The van der Waals surface area contributed by atoms with Gasteiger partial charge in [0.2, 0.25) is 0 Å². The standard InChI is InChI=1S/C18H24N2O3/c21-17(20-8-5-18(6-9-20)4-7-19-13-18)14-2-3-15-16(12-14)23-11-1-10-22-15/h2-3,12,19H,1,4-11,13H2. The third-order valence-electron chi connectivity index (χ3n) is 5.44. The predicted molar refractivity (Wildman–Crippen MR) is 87.1 cm³/mol. The molecule has 0 bridgehead atoms. The first-order valence-electron chi connectivity index (χ1n) is 8.66. The molecule has 4 rings (SSSR count). The minimum absolute atomic E-state index is 0.112. The molecule has 0 saturated carbocycles. The zero-order chi connectivity index (χ0) is 15.7. The maximum Gasteiger partial charge on any atom is 0.253 e. The monoisotopic (exact) mass is 316 g/mol. The van der Waals surface area contributed by atoms with Gasteiger partial charge in [0.25, 0.3) is 5.91 Å². The Bertz CT molecular complexity index is 586. The van der Waals surface area contributed by atoms with Crippen LogP contribution in [-0.4, -0.2) is 50.2 Å². The van der Waals surface area contributed by atoms with E-state index in [0.29, 0.717) is 29.9 Å². The van der Waals surface area contributed by atoms with Crippen molar-refractivity contribution < 1.29 is 14.3 Å². The molecule has 1 N–H and O–H groups in total. The molecule has 2 fully saturated rings. The van der Waals surface area contributed by atoms with Crippen molar-refractivity contribution in [1.29, 1.82) is 0 Å². The van der Waals surface area contributed by atoms with Crippen LogP contribution in [0.4, 0.5) is 0 Å². The number of hydrogen-bond donors (Lipinski definition) is 1. The van der Waals surface area contributed by atoms with E-state index in [9.17, 15) is 4.79 Å². The van der Waals surface area contributed by atoms with Gasteiger partial charge in [-0.25, -0.2) is 0 Å². The molecule has 0 aromatic heterocycles. The number of nitrogens with zero attached hydrogens (tertiary/aromatic N) is 1. The molecule has 3 aliphatic rings. The summed E-state index contributed by atoms with van der Waals surface area (Å²) in [6, 6.07) is 5.56. The Morgan fingerprint density at radius 3 is 2.61 bits per heavy atom. The summed E-state index contributed by atoms with van der Waals surface area (Å²) < 4.78 is 11.3. The van der Waals surface area contributed by atoms with E-state index >= 15 is 0 Å². The van der Waals surface area contributed by atoms with Crippen molar-refractivity contribution in [3.63, 3.8) is 0 Å². The molecule has 5 heteroatoms. The average molecular weight is 316 g/mol. The quantitative estimate of drug-likeness (QED) is 0.862. The fourth-order valence-electron chi connectivity index (χ4n) is 3.89. The van der Waals surface area contributed by atoms with Gasteiger partial charge < -0.3 is 19.7 Å². The number of piperidine rings is 1. The van der Waals surface area contributed by atoms with Gasteiger partial charge in [-0.1, -0.05) is 0 Å². The maximum absolute atomic E-state index is 12.8. The average Bonchev–Trinajstić information content (AvgIpc) is 2.90. The lowest BCUT2D eigenvalue weighted by atomic mass is 9.78. The number of likely N-dealkylation sites (tertiary alicyclic amines) is 1. The Morgan fingerprint density at radius 1 is 1.09 bits per heavy atom. The van der Waals surface area contributed by atoms with E-state index in [2.05, 4.69) is 5.32 Å². The molecule has 0 atom stereocenters. The summed E-state index contributed by atoms with van der Waals surface area (Å²) in [6.45, 7) is 5.26. The van der Waals surface area contributed by atoms with Crippen LogP contribution in [0, 0.1) is 5.41 Å². The van der Waals surface area contributed by atoms with Crippen molar-refractivity contribution in [2.45, 2.75) is 25.7 Å². The summed E-state index contributed by atoms with van der Waals surface area (Å²) in [6.07, 6.45) is 4.34. The number of nitrogens with one attached hydrogen (secondary N) is 1. The van der Waals surface area contributed by atoms with E-state index in [1.165, 1.54) is 6.42 Å². The molecule has 2 saturated heterocycles. The number of carbonyl (C=O) groups excluding carboxylic acids is 1. The van der Waals surface area contributed by atoms with Crippen LogP contribution >= 0.6 is 0 Å². The van der Waals surface area contributed by atoms with Gasteiger partial charge in [0.05, 0.1) is 13.2 Å². The summed E-state index contributed by atoms with van der Waals surface area (Å²) in [4.78, 5) is 14.8. The molecular weight excluding hydrogens is 292 g/mol. The molecule has 1 aromatic carbocycles. The van der Waals surface area contributed by atoms with Crippen LogP contribution in [0.3, 0.4) is 0 Å². The number of rotatable bonds is 1. The SMILES string of the molecule is O=C(c1ccc2c(c1)OCCCO2)N1CCC2(CCNC2)CC1. The third kappa shape index (κ3) is 2.90. The summed E-state index contributed by atoms with van der Waals surface area (Å²) in [5.74, 6) is 1.55. The van der Waals surface area contributed by atoms with Gasteiger partial charge in [-0.05, 0) is 49.4 Å². The highest BCUT2D eigenvalue weighted by molar-refractivity contribution is 5.95. The first-order chi connectivity index (χ1) is 11.3. The maximum atomic E-state index is 12.8. The normalized spacial score (nSPS) is 22.9. The van der Waals surface area contributed by atoms with Crippen LogP contribution < -0.4 is 14.8 Å².